The Kier molecular flexibility index (Phi) is 1.29. The van der Waals surface area contributed by atoms with Crippen LogP contribution in [0.1, 0.15) is 0 Å². The molecule has 0 aliphatic heterocycles. The maximum atomic E-state index is 5.75. The molecule has 1 aromatic heterocycles. The minimum atomic E-state index is 0.636. The molecule has 1 radical (unpaired) electrons. The standard InChI is InChI=1S/C8H6ClN2/c9-5-1-2-6-7(10)4-11-8(6)3-5/h1-3,11H,10H2. The molecule has 3 N–H and O–H groups in total. The number of benzene rings is 1. The molecular formula is C8H6ClN2. The summed E-state index contributed by atoms with van der Waals surface area (Å²) in [5.41, 5.74) is 7.16. The molecule has 55 valence electrons. The summed E-state index contributed by atoms with van der Waals surface area (Å²) in [6.45, 7) is 0. The highest BCUT2D eigenvalue weighted by atomic mass is 35.5. The number of aromatic nitrogens is 1. The van der Waals surface area contributed by atoms with Crippen LogP contribution in [0.4, 0.5) is 5.69 Å². The fourth-order valence-electron chi connectivity index (χ4n) is 1.06. The van der Waals surface area contributed by atoms with Crippen molar-refractivity contribution in [3.8, 4) is 0 Å². The first-order chi connectivity index (χ1) is 5.27. The predicted octanol–water partition coefficient (Wildman–Crippen LogP) is 2.20. The maximum Gasteiger partial charge on any atom is 0.0885 e. The summed E-state index contributed by atoms with van der Waals surface area (Å²) >= 11 is 5.75. The zero-order chi connectivity index (χ0) is 7.84. The Morgan fingerprint density at radius 1 is 1.45 bits per heavy atom. The van der Waals surface area contributed by atoms with Crippen LogP contribution in [-0.2, 0) is 0 Å². The normalized spacial score (nSPS) is 10.6. The number of nitrogens with one attached hydrogen (secondary N) is 1. The molecule has 0 saturated heterocycles. The van der Waals surface area contributed by atoms with E-state index in [-0.39, 0.29) is 0 Å². The molecule has 0 aliphatic carbocycles. The van der Waals surface area contributed by atoms with Gasteiger partial charge in [-0.3, -0.25) is 0 Å². The smallest absolute Gasteiger partial charge is 0.0885 e. The van der Waals surface area contributed by atoms with Gasteiger partial charge in [0.15, 0.2) is 0 Å². The number of nitrogens with two attached hydrogens (primary N) is 1. The summed E-state index contributed by atoms with van der Waals surface area (Å²) in [5.74, 6) is 0. The summed E-state index contributed by atoms with van der Waals surface area (Å²) in [7, 11) is 0. The zero-order valence-corrected chi connectivity index (χ0v) is 6.44. The second kappa shape index (κ2) is 2.17. The topological polar surface area (TPSA) is 41.8 Å². The van der Waals surface area contributed by atoms with Gasteiger partial charge in [-0.2, -0.15) is 0 Å². The van der Waals surface area contributed by atoms with Gasteiger partial charge in [0.05, 0.1) is 11.9 Å². The highest BCUT2D eigenvalue weighted by Gasteiger charge is 1.99. The third-order valence-corrected chi connectivity index (χ3v) is 1.84. The Labute approximate surface area is 69.0 Å². The molecule has 0 saturated carbocycles. The van der Waals surface area contributed by atoms with E-state index in [9.17, 15) is 0 Å². The first kappa shape index (κ1) is 6.55. The molecule has 0 atom stereocenters. The monoisotopic (exact) mass is 165 g/mol. The van der Waals surface area contributed by atoms with Gasteiger partial charge in [0, 0.05) is 15.9 Å². The molecule has 0 aliphatic rings. The van der Waals surface area contributed by atoms with Gasteiger partial charge in [0.1, 0.15) is 0 Å². The van der Waals surface area contributed by atoms with Crippen LogP contribution in [0, 0.1) is 6.20 Å². The Balaban J connectivity index is 2.86. The van der Waals surface area contributed by atoms with E-state index in [0.29, 0.717) is 10.7 Å². The fraction of sp³-hybridized carbons (Fsp3) is 0. The van der Waals surface area contributed by atoms with Crippen LogP contribution in [0.25, 0.3) is 10.9 Å². The molecule has 0 spiro atoms. The summed E-state index contributed by atoms with van der Waals surface area (Å²) < 4.78 is 0. The van der Waals surface area contributed by atoms with E-state index in [1.165, 1.54) is 0 Å². The van der Waals surface area contributed by atoms with E-state index in [4.69, 9.17) is 17.3 Å². The Hall–Kier alpha value is -1.15. The van der Waals surface area contributed by atoms with Gasteiger partial charge in [0.2, 0.25) is 0 Å². The third-order valence-electron chi connectivity index (χ3n) is 1.60. The summed E-state index contributed by atoms with van der Waals surface area (Å²) in [5, 5.41) is 1.67. The van der Waals surface area contributed by atoms with E-state index in [1.54, 1.807) is 0 Å². The van der Waals surface area contributed by atoms with E-state index < -0.39 is 0 Å². The molecule has 0 fully saturated rings. The van der Waals surface area contributed by atoms with Crippen LogP contribution in [-0.4, -0.2) is 4.98 Å². The number of hydrogen-bond donors (Lipinski definition) is 2. The van der Waals surface area contributed by atoms with Crippen LogP contribution >= 0.6 is 11.6 Å². The number of anilines is 1. The molecule has 11 heavy (non-hydrogen) atoms. The molecule has 3 heteroatoms. The molecule has 2 nitrogen and oxygen atoms in total. The highest BCUT2D eigenvalue weighted by Crippen LogP contribution is 2.22. The highest BCUT2D eigenvalue weighted by molar-refractivity contribution is 6.31. The first-order valence-electron chi connectivity index (χ1n) is 3.22. The molecule has 0 unspecified atom stereocenters. The van der Waals surface area contributed by atoms with Crippen molar-refractivity contribution >= 4 is 28.2 Å². The van der Waals surface area contributed by atoms with Crippen LogP contribution in [0.2, 0.25) is 5.02 Å². The number of fused-ring (bicyclic) bond motifs is 1. The van der Waals surface area contributed by atoms with Gasteiger partial charge in [0.25, 0.3) is 0 Å². The quantitative estimate of drug-likeness (QED) is 0.618. The molecule has 2 aromatic rings. The van der Waals surface area contributed by atoms with E-state index in [2.05, 4.69) is 11.2 Å². The Morgan fingerprint density at radius 3 is 3.09 bits per heavy atom. The van der Waals surface area contributed by atoms with Crippen LogP contribution in [0.15, 0.2) is 18.2 Å². The van der Waals surface area contributed by atoms with Gasteiger partial charge in [-0.25, -0.2) is 0 Å². The second-order valence-corrected chi connectivity index (χ2v) is 2.79. The van der Waals surface area contributed by atoms with Gasteiger partial charge >= 0.3 is 0 Å². The van der Waals surface area contributed by atoms with Crippen molar-refractivity contribution in [1.82, 2.24) is 4.98 Å². The SMILES string of the molecule is Nc1[c][nH]c2cc(Cl)ccc12. The van der Waals surface area contributed by atoms with Gasteiger partial charge < -0.3 is 10.7 Å². The van der Waals surface area contributed by atoms with Crippen LogP contribution in [0.5, 0.6) is 0 Å². The molecule has 0 bridgehead atoms. The largest absolute Gasteiger partial charge is 0.396 e. The van der Waals surface area contributed by atoms with Crippen molar-refractivity contribution in [3.05, 3.63) is 29.4 Å². The lowest BCUT2D eigenvalue weighted by Crippen LogP contribution is -1.79. The molecule has 0 amide bonds. The predicted molar refractivity (Wildman–Crippen MR) is 46.6 cm³/mol. The van der Waals surface area contributed by atoms with Crippen molar-refractivity contribution in [2.75, 3.05) is 5.73 Å². The van der Waals surface area contributed by atoms with Crippen LogP contribution < -0.4 is 5.73 Å². The minimum absolute atomic E-state index is 0.636. The second-order valence-electron chi connectivity index (χ2n) is 2.35. The fourth-order valence-corrected chi connectivity index (χ4v) is 1.23. The van der Waals surface area contributed by atoms with Crippen molar-refractivity contribution in [2.45, 2.75) is 0 Å². The number of halogens is 1. The van der Waals surface area contributed by atoms with E-state index >= 15 is 0 Å². The van der Waals surface area contributed by atoms with Crippen molar-refractivity contribution in [3.63, 3.8) is 0 Å². The number of nitrogen functional groups attached to an aromatic ring is 1. The number of rotatable bonds is 0. The van der Waals surface area contributed by atoms with Crippen molar-refractivity contribution in [2.24, 2.45) is 0 Å². The molecule has 1 aromatic carbocycles. The minimum Gasteiger partial charge on any atom is -0.396 e. The lowest BCUT2D eigenvalue weighted by atomic mass is 10.2. The average Bonchev–Trinajstić information content (AvgIpc) is 2.32. The summed E-state index contributed by atoms with van der Waals surface area (Å²) in [6.07, 6.45) is 2.80. The third kappa shape index (κ3) is 0.955. The molecule has 2 rings (SSSR count). The number of aromatic amines is 1. The van der Waals surface area contributed by atoms with Gasteiger partial charge in [-0.1, -0.05) is 11.6 Å². The summed E-state index contributed by atoms with van der Waals surface area (Å²) in [6, 6.07) is 5.51. The lowest BCUT2D eigenvalue weighted by molar-refractivity contribution is 1.46. The first-order valence-corrected chi connectivity index (χ1v) is 3.59. The van der Waals surface area contributed by atoms with E-state index in [0.717, 1.165) is 10.9 Å². The van der Waals surface area contributed by atoms with Crippen molar-refractivity contribution < 1.29 is 0 Å². The average molecular weight is 166 g/mol. The lowest BCUT2D eigenvalue weighted by Gasteiger charge is -1.90. The zero-order valence-electron chi connectivity index (χ0n) is 5.69. The van der Waals surface area contributed by atoms with Crippen LogP contribution in [0.3, 0.4) is 0 Å². The summed E-state index contributed by atoms with van der Waals surface area (Å²) in [4.78, 5) is 2.89. The van der Waals surface area contributed by atoms with Crippen molar-refractivity contribution in [1.29, 1.82) is 0 Å². The Morgan fingerprint density at radius 2 is 2.27 bits per heavy atom. The molecular weight excluding hydrogens is 160 g/mol. The molecule has 1 heterocycles. The maximum absolute atomic E-state index is 5.75. The number of hydrogen-bond acceptors (Lipinski definition) is 1. The van der Waals surface area contributed by atoms with Gasteiger partial charge in [-0.05, 0) is 18.2 Å². The Bertz CT molecular complexity index is 392. The number of H-pyrrole nitrogens is 1. The van der Waals surface area contributed by atoms with Gasteiger partial charge in [-0.15, -0.1) is 0 Å². The van der Waals surface area contributed by atoms with E-state index in [1.807, 2.05) is 18.2 Å².